The normalized spacial score (nSPS) is 15.6. The first-order valence-corrected chi connectivity index (χ1v) is 6.54. The molecule has 2 rings (SSSR count). The van der Waals surface area contributed by atoms with E-state index in [9.17, 15) is 4.79 Å². The molecule has 0 aliphatic heterocycles. The van der Waals surface area contributed by atoms with Crippen LogP contribution in [0.4, 0.5) is 0 Å². The van der Waals surface area contributed by atoms with E-state index in [4.69, 9.17) is 4.74 Å². The van der Waals surface area contributed by atoms with Crippen molar-refractivity contribution >= 4 is 5.91 Å². The third kappa shape index (κ3) is 3.45. The Bertz CT molecular complexity index is 401. The van der Waals surface area contributed by atoms with Crippen molar-refractivity contribution in [3.8, 4) is 5.88 Å². The van der Waals surface area contributed by atoms with Gasteiger partial charge in [-0.1, -0.05) is 18.9 Å². The minimum absolute atomic E-state index is 0.132. The van der Waals surface area contributed by atoms with Gasteiger partial charge in [-0.15, -0.1) is 0 Å². The maximum atomic E-state index is 11.8. The number of hydrogen-bond acceptors (Lipinski definition) is 3. The van der Waals surface area contributed by atoms with Crippen molar-refractivity contribution in [3.63, 3.8) is 0 Å². The van der Waals surface area contributed by atoms with Crippen LogP contribution in [0.3, 0.4) is 0 Å². The standard InChI is InChI=1S/C14H20N2O2/c1-18-14-12(7-4-8-15-14)10-16-13(17)9-11-5-2-3-6-11/h4,7-8,11H,2-3,5-6,9-10H2,1H3,(H,16,17). The van der Waals surface area contributed by atoms with Crippen molar-refractivity contribution in [2.75, 3.05) is 7.11 Å². The number of hydrogen-bond donors (Lipinski definition) is 1. The highest BCUT2D eigenvalue weighted by Crippen LogP contribution is 2.27. The highest BCUT2D eigenvalue weighted by atomic mass is 16.5. The van der Waals surface area contributed by atoms with Crippen molar-refractivity contribution in [2.45, 2.75) is 38.6 Å². The number of rotatable bonds is 5. The van der Waals surface area contributed by atoms with Crippen LogP contribution in [0.2, 0.25) is 0 Å². The number of pyridine rings is 1. The Morgan fingerprint density at radius 3 is 3.00 bits per heavy atom. The summed E-state index contributed by atoms with van der Waals surface area (Å²) in [4.78, 5) is 15.9. The smallest absolute Gasteiger partial charge is 0.220 e. The van der Waals surface area contributed by atoms with Gasteiger partial charge < -0.3 is 10.1 Å². The van der Waals surface area contributed by atoms with Gasteiger partial charge in [0.25, 0.3) is 0 Å². The van der Waals surface area contributed by atoms with Crippen LogP contribution < -0.4 is 10.1 Å². The lowest BCUT2D eigenvalue weighted by molar-refractivity contribution is -0.122. The fourth-order valence-corrected chi connectivity index (χ4v) is 2.49. The second-order valence-corrected chi connectivity index (χ2v) is 4.80. The van der Waals surface area contributed by atoms with Crippen LogP contribution in [0.25, 0.3) is 0 Å². The van der Waals surface area contributed by atoms with E-state index in [0.717, 1.165) is 5.56 Å². The molecule has 0 aromatic carbocycles. The molecule has 1 saturated carbocycles. The zero-order valence-corrected chi connectivity index (χ0v) is 10.8. The number of amides is 1. The minimum Gasteiger partial charge on any atom is -0.481 e. The first-order chi connectivity index (χ1) is 8.79. The molecule has 1 aromatic rings. The summed E-state index contributed by atoms with van der Waals surface area (Å²) in [5, 5.41) is 2.94. The van der Waals surface area contributed by atoms with Gasteiger partial charge >= 0.3 is 0 Å². The molecule has 0 atom stereocenters. The van der Waals surface area contributed by atoms with Gasteiger partial charge in [-0.3, -0.25) is 4.79 Å². The Balaban J connectivity index is 1.81. The van der Waals surface area contributed by atoms with E-state index in [1.807, 2.05) is 12.1 Å². The quantitative estimate of drug-likeness (QED) is 0.869. The Morgan fingerprint density at radius 2 is 2.28 bits per heavy atom. The van der Waals surface area contributed by atoms with Crippen molar-refractivity contribution in [1.82, 2.24) is 10.3 Å². The van der Waals surface area contributed by atoms with E-state index < -0.39 is 0 Å². The van der Waals surface area contributed by atoms with E-state index >= 15 is 0 Å². The summed E-state index contributed by atoms with van der Waals surface area (Å²) in [6.07, 6.45) is 7.28. The van der Waals surface area contributed by atoms with Crippen LogP contribution in [0, 0.1) is 5.92 Å². The highest BCUT2D eigenvalue weighted by molar-refractivity contribution is 5.76. The van der Waals surface area contributed by atoms with Crippen LogP contribution in [0.15, 0.2) is 18.3 Å². The van der Waals surface area contributed by atoms with Crippen molar-refractivity contribution in [3.05, 3.63) is 23.9 Å². The molecule has 4 heteroatoms. The maximum absolute atomic E-state index is 11.8. The summed E-state index contributed by atoms with van der Waals surface area (Å²) in [5.74, 6) is 1.30. The molecule has 1 N–H and O–H groups in total. The third-order valence-electron chi connectivity index (χ3n) is 3.47. The molecule has 1 aliphatic carbocycles. The molecule has 0 bridgehead atoms. The number of nitrogens with zero attached hydrogens (tertiary/aromatic N) is 1. The second kappa shape index (κ2) is 6.38. The number of aromatic nitrogens is 1. The number of carbonyl (C=O) groups is 1. The molecule has 0 spiro atoms. The van der Waals surface area contributed by atoms with E-state index in [-0.39, 0.29) is 5.91 Å². The summed E-state index contributed by atoms with van der Waals surface area (Å²) in [5.41, 5.74) is 0.916. The van der Waals surface area contributed by atoms with Crippen LogP contribution in [0.1, 0.15) is 37.7 Å². The fraction of sp³-hybridized carbons (Fsp3) is 0.571. The first-order valence-electron chi connectivity index (χ1n) is 6.54. The summed E-state index contributed by atoms with van der Waals surface area (Å²) < 4.78 is 5.15. The molecule has 18 heavy (non-hydrogen) atoms. The topological polar surface area (TPSA) is 51.2 Å². The highest BCUT2D eigenvalue weighted by Gasteiger charge is 2.18. The van der Waals surface area contributed by atoms with Gasteiger partial charge in [0.1, 0.15) is 0 Å². The van der Waals surface area contributed by atoms with Crippen molar-refractivity contribution in [2.24, 2.45) is 5.92 Å². The Hall–Kier alpha value is -1.58. The molecule has 1 aromatic heterocycles. The minimum atomic E-state index is 0.132. The van der Waals surface area contributed by atoms with E-state index in [0.29, 0.717) is 24.8 Å². The zero-order chi connectivity index (χ0) is 12.8. The van der Waals surface area contributed by atoms with E-state index in [2.05, 4.69) is 10.3 Å². The second-order valence-electron chi connectivity index (χ2n) is 4.80. The summed E-state index contributed by atoms with van der Waals surface area (Å²) >= 11 is 0. The zero-order valence-electron chi connectivity index (χ0n) is 10.8. The Kier molecular flexibility index (Phi) is 4.56. The van der Waals surface area contributed by atoms with Gasteiger partial charge in [0.2, 0.25) is 11.8 Å². The predicted molar refractivity (Wildman–Crippen MR) is 69.2 cm³/mol. The van der Waals surface area contributed by atoms with Crippen LogP contribution in [-0.2, 0) is 11.3 Å². The number of carbonyl (C=O) groups excluding carboxylic acids is 1. The molecule has 0 unspecified atom stereocenters. The van der Waals surface area contributed by atoms with Crippen LogP contribution in [-0.4, -0.2) is 18.0 Å². The SMILES string of the molecule is COc1ncccc1CNC(=O)CC1CCCC1. The molecule has 1 heterocycles. The summed E-state index contributed by atoms with van der Waals surface area (Å²) in [7, 11) is 1.59. The average molecular weight is 248 g/mol. The van der Waals surface area contributed by atoms with Gasteiger partial charge in [0, 0.05) is 24.7 Å². The fourth-order valence-electron chi connectivity index (χ4n) is 2.49. The Morgan fingerprint density at radius 1 is 1.50 bits per heavy atom. The molecule has 4 nitrogen and oxygen atoms in total. The van der Waals surface area contributed by atoms with Gasteiger partial charge in [0.05, 0.1) is 7.11 Å². The predicted octanol–water partition coefficient (Wildman–Crippen LogP) is 2.29. The lowest BCUT2D eigenvalue weighted by atomic mass is 10.0. The van der Waals surface area contributed by atoms with Crippen molar-refractivity contribution < 1.29 is 9.53 Å². The molecule has 1 aliphatic rings. The van der Waals surface area contributed by atoms with Crippen LogP contribution in [0.5, 0.6) is 5.88 Å². The number of nitrogens with one attached hydrogen (secondary N) is 1. The lowest BCUT2D eigenvalue weighted by Gasteiger charge is -2.11. The van der Waals surface area contributed by atoms with E-state index in [1.54, 1.807) is 13.3 Å². The van der Waals surface area contributed by atoms with Crippen molar-refractivity contribution in [1.29, 1.82) is 0 Å². The van der Waals surface area contributed by atoms with Gasteiger partial charge in [0.15, 0.2) is 0 Å². The Labute approximate surface area is 108 Å². The number of ether oxygens (including phenoxy) is 1. The molecule has 98 valence electrons. The molecule has 0 saturated heterocycles. The molecule has 0 radical (unpaired) electrons. The van der Waals surface area contributed by atoms with Gasteiger partial charge in [-0.2, -0.15) is 0 Å². The summed E-state index contributed by atoms with van der Waals surface area (Å²) in [6, 6.07) is 3.77. The lowest BCUT2D eigenvalue weighted by Crippen LogP contribution is -2.24. The van der Waals surface area contributed by atoms with Gasteiger partial charge in [-0.05, 0) is 24.8 Å². The molecular formula is C14H20N2O2. The maximum Gasteiger partial charge on any atom is 0.220 e. The largest absolute Gasteiger partial charge is 0.481 e. The molecular weight excluding hydrogens is 228 g/mol. The monoisotopic (exact) mass is 248 g/mol. The summed E-state index contributed by atoms with van der Waals surface area (Å²) in [6.45, 7) is 0.489. The van der Waals surface area contributed by atoms with Crippen LogP contribution >= 0.6 is 0 Å². The average Bonchev–Trinajstić information content (AvgIpc) is 2.89. The molecule has 1 fully saturated rings. The third-order valence-corrected chi connectivity index (χ3v) is 3.47. The first kappa shape index (κ1) is 12.9. The number of methoxy groups -OCH3 is 1. The molecule has 1 amide bonds. The van der Waals surface area contributed by atoms with E-state index in [1.165, 1.54) is 25.7 Å². The van der Waals surface area contributed by atoms with Gasteiger partial charge in [-0.25, -0.2) is 4.98 Å².